The van der Waals surface area contributed by atoms with Gasteiger partial charge in [-0.25, -0.2) is 0 Å². The van der Waals surface area contributed by atoms with Gasteiger partial charge in [0.25, 0.3) is 0 Å². The quantitative estimate of drug-likeness (QED) is 0.849. The molecule has 0 aromatic carbocycles. The SMILES string of the molecule is Cc1nn(C(C)C)c(C)c1OC1(C)CNC1. The molecule has 0 radical (unpaired) electrons. The monoisotopic (exact) mass is 223 g/mol. The van der Waals surface area contributed by atoms with E-state index < -0.39 is 0 Å². The van der Waals surface area contributed by atoms with Crippen molar-refractivity contribution in [3.8, 4) is 5.75 Å². The third kappa shape index (κ3) is 1.82. The largest absolute Gasteiger partial charge is 0.481 e. The number of rotatable bonds is 3. The number of aromatic nitrogens is 2. The van der Waals surface area contributed by atoms with E-state index in [1.54, 1.807) is 0 Å². The van der Waals surface area contributed by atoms with Crippen molar-refractivity contribution >= 4 is 0 Å². The van der Waals surface area contributed by atoms with Gasteiger partial charge in [0.1, 0.15) is 11.3 Å². The van der Waals surface area contributed by atoms with Crippen LogP contribution in [-0.2, 0) is 0 Å². The minimum absolute atomic E-state index is 0.0552. The molecular formula is C12H21N3O. The topological polar surface area (TPSA) is 39.1 Å². The maximum Gasteiger partial charge on any atom is 0.163 e. The van der Waals surface area contributed by atoms with E-state index in [1.165, 1.54) is 0 Å². The Hall–Kier alpha value is -1.03. The summed E-state index contributed by atoms with van der Waals surface area (Å²) in [6.07, 6.45) is 0. The third-order valence-electron chi connectivity index (χ3n) is 3.09. The molecule has 4 nitrogen and oxygen atoms in total. The normalized spacial score (nSPS) is 18.6. The van der Waals surface area contributed by atoms with Gasteiger partial charge in [0.2, 0.25) is 0 Å². The molecule has 90 valence electrons. The summed E-state index contributed by atoms with van der Waals surface area (Å²) < 4.78 is 8.11. The van der Waals surface area contributed by atoms with E-state index >= 15 is 0 Å². The van der Waals surface area contributed by atoms with Crippen molar-refractivity contribution in [1.29, 1.82) is 0 Å². The van der Waals surface area contributed by atoms with Crippen LogP contribution >= 0.6 is 0 Å². The predicted molar refractivity (Wildman–Crippen MR) is 64.0 cm³/mol. The highest BCUT2D eigenvalue weighted by Gasteiger charge is 2.35. The predicted octanol–water partition coefficient (Wildman–Crippen LogP) is 1.82. The van der Waals surface area contributed by atoms with Crippen molar-refractivity contribution in [3.63, 3.8) is 0 Å². The molecule has 0 atom stereocenters. The molecule has 0 aliphatic carbocycles. The Labute approximate surface area is 97.0 Å². The van der Waals surface area contributed by atoms with Crippen molar-refractivity contribution in [2.75, 3.05) is 13.1 Å². The fraction of sp³-hybridized carbons (Fsp3) is 0.750. The van der Waals surface area contributed by atoms with Gasteiger partial charge in [0, 0.05) is 19.1 Å². The van der Waals surface area contributed by atoms with Crippen molar-refractivity contribution in [2.24, 2.45) is 0 Å². The maximum atomic E-state index is 6.08. The van der Waals surface area contributed by atoms with E-state index in [-0.39, 0.29) is 5.60 Å². The average molecular weight is 223 g/mol. The minimum Gasteiger partial charge on any atom is -0.481 e. The number of nitrogens with zero attached hydrogens (tertiary/aromatic N) is 2. The lowest BCUT2D eigenvalue weighted by molar-refractivity contribution is 0.0334. The molecule has 1 aromatic heterocycles. The number of hydrogen-bond donors (Lipinski definition) is 1. The lowest BCUT2D eigenvalue weighted by Gasteiger charge is -2.39. The first-order valence-electron chi connectivity index (χ1n) is 5.88. The van der Waals surface area contributed by atoms with Gasteiger partial charge in [-0.3, -0.25) is 4.68 Å². The Balaban J connectivity index is 2.26. The third-order valence-corrected chi connectivity index (χ3v) is 3.09. The van der Waals surface area contributed by atoms with Crippen LogP contribution in [0.5, 0.6) is 5.75 Å². The van der Waals surface area contributed by atoms with Crippen LogP contribution in [0.25, 0.3) is 0 Å². The molecule has 1 aliphatic rings. The van der Waals surface area contributed by atoms with Gasteiger partial charge >= 0.3 is 0 Å². The Morgan fingerprint density at radius 2 is 2.00 bits per heavy atom. The molecule has 1 N–H and O–H groups in total. The zero-order valence-corrected chi connectivity index (χ0v) is 10.8. The zero-order chi connectivity index (χ0) is 11.9. The van der Waals surface area contributed by atoms with Crippen LogP contribution in [0.15, 0.2) is 0 Å². The number of ether oxygens (including phenoxy) is 1. The summed E-state index contributed by atoms with van der Waals surface area (Å²) in [5, 5.41) is 7.76. The number of aryl methyl sites for hydroxylation is 1. The summed E-state index contributed by atoms with van der Waals surface area (Å²) in [5.74, 6) is 0.956. The summed E-state index contributed by atoms with van der Waals surface area (Å²) in [5.41, 5.74) is 2.06. The molecule has 2 rings (SSSR count). The standard InChI is InChI=1S/C12H21N3O/c1-8(2)15-10(4)11(9(3)14-15)16-12(5)6-13-7-12/h8,13H,6-7H2,1-5H3. The molecule has 4 heteroatoms. The molecule has 1 saturated heterocycles. The molecule has 1 fully saturated rings. The van der Waals surface area contributed by atoms with Crippen LogP contribution in [-0.4, -0.2) is 28.5 Å². The average Bonchev–Trinajstić information content (AvgIpc) is 2.43. The molecule has 0 bridgehead atoms. The minimum atomic E-state index is -0.0552. The molecule has 0 unspecified atom stereocenters. The zero-order valence-electron chi connectivity index (χ0n) is 10.8. The Kier molecular flexibility index (Phi) is 2.70. The van der Waals surface area contributed by atoms with E-state index in [9.17, 15) is 0 Å². The van der Waals surface area contributed by atoms with Gasteiger partial charge in [-0.15, -0.1) is 0 Å². The molecule has 0 amide bonds. The molecule has 0 spiro atoms. The maximum absolute atomic E-state index is 6.08. The van der Waals surface area contributed by atoms with Crippen LogP contribution in [0.4, 0.5) is 0 Å². The first kappa shape index (κ1) is 11.5. The highest BCUT2D eigenvalue weighted by atomic mass is 16.5. The molecule has 0 saturated carbocycles. The second kappa shape index (κ2) is 3.77. The lowest BCUT2D eigenvalue weighted by Crippen LogP contribution is -2.61. The molecule has 16 heavy (non-hydrogen) atoms. The summed E-state index contributed by atoms with van der Waals surface area (Å²) in [6.45, 7) is 12.3. The van der Waals surface area contributed by atoms with Crippen molar-refractivity contribution < 1.29 is 4.74 Å². The second-order valence-corrected chi connectivity index (χ2v) is 5.19. The van der Waals surface area contributed by atoms with Gasteiger partial charge in [-0.1, -0.05) is 0 Å². The van der Waals surface area contributed by atoms with Crippen LogP contribution in [0.2, 0.25) is 0 Å². The number of hydrogen-bond acceptors (Lipinski definition) is 3. The van der Waals surface area contributed by atoms with Crippen LogP contribution in [0, 0.1) is 13.8 Å². The number of nitrogens with one attached hydrogen (secondary N) is 1. The van der Waals surface area contributed by atoms with Gasteiger partial charge in [-0.05, 0) is 34.6 Å². The van der Waals surface area contributed by atoms with Crippen LogP contribution in [0.3, 0.4) is 0 Å². The van der Waals surface area contributed by atoms with Crippen molar-refractivity contribution in [2.45, 2.75) is 46.3 Å². The van der Waals surface area contributed by atoms with E-state index in [0.29, 0.717) is 6.04 Å². The van der Waals surface area contributed by atoms with E-state index in [0.717, 1.165) is 30.2 Å². The highest BCUT2D eigenvalue weighted by molar-refractivity contribution is 5.33. The molecule has 1 aromatic rings. The molecule has 1 aliphatic heterocycles. The van der Waals surface area contributed by atoms with Gasteiger partial charge in [-0.2, -0.15) is 5.10 Å². The van der Waals surface area contributed by atoms with E-state index in [1.807, 2.05) is 11.6 Å². The van der Waals surface area contributed by atoms with Gasteiger partial charge < -0.3 is 10.1 Å². The first-order valence-corrected chi connectivity index (χ1v) is 5.88. The Morgan fingerprint density at radius 1 is 1.38 bits per heavy atom. The highest BCUT2D eigenvalue weighted by Crippen LogP contribution is 2.29. The lowest BCUT2D eigenvalue weighted by atomic mass is 10.00. The van der Waals surface area contributed by atoms with E-state index in [4.69, 9.17) is 4.74 Å². The first-order chi connectivity index (χ1) is 7.43. The van der Waals surface area contributed by atoms with Gasteiger partial charge in [0.15, 0.2) is 5.75 Å². The Morgan fingerprint density at radius 3 is 2.38 bits per heavy atom. The van der Waals surface area contributed by atoms with Crippen LogP contribution < -0.4 is 10.1 Å². The fourth-order valence-corrected chi connectivity index (χ4v) is 2.09. The Bertz CT molecular complexity index is 391. The van der Waals surface area contributed by atoms with E-state index in [2.05, 4.69) is 38.1 Å². The summed E-state index contributed by atoms with van der Waals surface area (Å²) in [6, 6.07) is 0.378. The summed E-state index contributed by atoms with van der Waals surface area (Å²) >= 11 is 0. The van der Waals surface area contributed by atoms with Crippen LogP contribution in [0.1, 0.15) is 38.2 Å². The molecule has 2 heterocycles. The van der Waals surface area contributed by atoms with Gasteiger partial charge in [0.05, 0.1) is 5.69 Å². The fourth-order valence-electron chi connectivity index (χ4n) is 2.09. The summed E-state index contributed by atoms with van der Waals surface area (Å²) in [4.78, 5) is 0. The molecular weight excluding hydrogens is 202 g/mol. The van der Waals surface area contributed by atoms with Crippen molar-refractivity contribution in [3.05, 3.63) is 11.4 Å². The second-order valence-electron chi connectivity index (χ2n) is 5.19. The smallest absolute Gasteiger partial charge is 0.163 e. The summed E-state index contributed by atoms with van der Waals surface area (Å²) in [7, 11) is 0. The van der Waals surface area contributed by atoms with Crippen molar-refractivity contribution in [1.82, 2.24) is 15.1 Å².